The largest absolute Gasteiger partial charge is 0.481 e. The van der Waals surface area contributed by atoms with Gasteiger partial charge in [0.05, 0.1) is 17.8 Å². The summed E-state index contributed by atoms with van der Waals surface area (Å²) in [5, 5.41) is 3.73. The Morgan fingerprint density at radius 3 is 2.88 bits per heavy atom. The highest BCUT2D eigenvalue weighted by Gasteiger charge is 2.20. The molecule has 1 aliphatic heterocycles. The third-order valence-electron chi connectivity index (χ3n) is 4.68. The quantitative estimate of drug-likeness (QED) is 0.836. The first-order valence-electron chi connectivity index (χ1n) is 8.67. The van der Waals surface area contributed by atoms with Crippen LogP contribution in [0.25, 0.3) is 11.3 Å². The molecule has 3 rings (SSSR count). The molecule has 0 saturated carbocycles. The maximum atomic E-state index is 11.3. The van der Waals surface area contributed by atoms with Gasteiger partial charge in [-0.15, -0.1) is 0 Å². The summed E-state index contributed by atoms with van der Waals surface area (Å²) in [5.74, 6) is 0.814. The van der Waals surface area contributed by atoms with Gasteiger partial charge in [0, 0.05) is 23.6 Å². The molecular weight excluding hydrogens is 336 g/mol. The van der Waals surface area contributed by atoms with E-state index in [0.29, 0.717) is 18.3 Å². The minimum absolute atomic E-state index is 0.170. The number of aryl methyl sites for hydroxylation is 2. The first kappa shape index (κ1) is 17.7. The van der Waals surface area contributed by atoms with Crippen molar-refractivity contribution in [3.8, 4) is 17.1 Å². The second-order valence-corrected chi connectivity index (χ2v) is 6.87. The Balaban J connectivity index is 1.71. The summed E-state index contributed by atoms with van der Waals surface area (Å²) >= 11 is 6.42. The maximum Gasteiger partial charge on any atom is 0.220 e. The van der Waals surface area contributed by atoms with Crippen LogP contribution in [0, 0.1) is 6.92 Å². The van der Waals surface area contributed by atoms with Crippen molar-refractivity contribution in [2.75, 3.05) is 7.11 Å². The highest BCUT2D eigenvalue weighted by Crippen LogP contribution is 2.31. The van der Waals surface area contributed by atoms with Gasteiger partial charge >= 0.3 is 0 Å². The van der Waals surface area contributed by atoms with Gasteiger partial charge in [0.25, 0.3) is 0 Å². The predicted octanol–water partition coefficient (Wildman–Crippen LogP) is 4.32. The van der Waals surface area contributed by atoms with Gasteiger partial charge < -0.3 is 10.1 Å². The fourth-order valence-corrected chi connectivity index (χ4v) is 3.49. The molecule has 1 saturated heterocycles. The Kier molecular flexibility index (Phi) is 5.59. The van der Waals surface area contributed by atoms with Crippen molar-refractivity contribution < 1.29 is 9.53 Å². The van der Waals surface area contributed by atoms with E-state index in [2.05, 4.69) is 16.4 Å². The molecule has 1 aliphatic rings. The molecule has 132 valence electrons. The lowest BCUT2D eigenvalue weighted by Crippen LogP contribution is -2.25. The van der Waals surface area contributed by atoms with E-state index in [9.17, 15) is 4.79 Å². The molecule has 0 spiro atoms. The van der Waals surface area contributed by atoms with E-state index in [4.69, 9.17) is 16.3 Å². The molecule has 1 amide bonds. The molecular formula is C20H23ClN2O2. The zero-order valence-corrected chi connectivity index (χ0v) is 15.4. The number of amides is 1. The van der Waals surface area contributed by atoms with Crippen LogP contribution in [0.15, 0.2) is 30.3 Å². The number of rotatable bonds is 6. The van der Waals surface area contributed by atoms with Crippen LogP contribution in [-0.4, -0.2) is 24.0 Å². The van der Waals surface area contributed by atoms with E-state index >= 15 is 0 Å². The highest BCUT2D eigenvalue weighted by atomic mass is 35.5. The van der Waals surface area contributed by atoms with Crippen molar-refractivity contribution in [3.05, 3.63) is 46.5 Å². The number of nitrogens with one attached hydrogen (secondary N) is 1. The van der Waals surface area contributed by atoms with Crippen molar-refractivity contribution in [1.29, 1.82) is 0 Å². The SMILES string of the molecule is COc1nc(-c2cccc(C)c2Cl)ccc1CCC[C@@H]1CCC(=O)N1. The van der Waals surface area contributed by atoms with E-state index in [1.54, 1.807) is 7.11 Å². The zero-order chi connectivity index (χ0) is 17.8. The van der Waals surface area contributed by atoms with Gasteiger partial charge in [0.2, 0.25) is 11.8 Å². The second-order valence-electron chi connectivity index (χ2n) is 6.50. The number of pyridine rings is 1. The zero-order valence-electron chi connectivity index (χ0n) is 14.6. The summed E-state index contributed by atoms with van der Waals surface area (Å²) in [6.07, 6.45) is 4.46. The lowest BCUT2D eigenvalue weighted by atomic mass is 10.0. The van der Waals surface area contributed by atoms with Gasteiger partial charge in [-0.3, -0.25) is 4.79 Å². The van der Waals surface area contributed by atoms with Gasteiger partial charge in [-0.05, 0) is 44.2 Å². The predicted molar refractivity (Wildman–Crippen MR) is 100 cm³/mol. The molecule has 25 heavy (non-hydrogen) atoms. The topological polar surface area (TPSA) is 51.2 Å². The highest BCUT2D eigenvalue weighted by molar-refractivity contribution is 6.34. The van der Waals surface area contributed by atoms with Crippen LogP contribution in [-0.2, 0) is 11.2 Å². The van der Waals surface area contributed by atoms with E-state index in [-0.39, 0.29) is 5.91 Å². The lowest BCUT2D eigenvalue weighted by Gasteiger charge is -2.13. The van der Waals surface area contributed by atoms with Crippen molar-refractivity contribution in [2.24, 2.45) is 0 Å². The van der Waals surface area contributed by atoms with Gasteiger partial charge in [-0.2, -0.15) is 0 Å². The van der Waals surface area contributed by atoms with Crippen LogP contribution in [0.2, 0.25) is 5.02 Å². The Labute approximate surface area is 153 Å². The molecule has 1 fully saturated rings. The van der Waals surface area contributed by atoms with Gasteiger partial charge in [0.15, 0.2) is 0 Å². The molecule has 2 aromatic rings. The number of nitrogens with zero attached hydrogens (tertiary/aromatic N) is 1. The van der Waals surface area contributed by atoms with Crippen molar-refractivity contribution in [2.45, 2.75) is 45.1 Å². The van der Waals surface area contributed by atoms with Crippen LogP contribution < -0.4 is 10.1 Å². The first-order chi connectivity index (χ1) is 12.1. The van der Waals surface area contributed by atoms with Crippen LogP contribution in [0.3, 0.4) is 0 Å². The number of halogens is 1. The number of ether oxygens (including phenoxy) is 1. The summed E-state index contributed by atoms with van der Waals surface area (Å²) in [7, 11) is 1.64. The molecule has 1 aromatic heterocycles. The number of methoxy groups -OCH3 is 1. The van der Waals surface area contributed by atoms with Gasteiger partial charge in [0.1, 0.15) is 0 Å². The van der Waals surface area contributed by atoms with Gasteiger partial charge in [-0.25, -0.2) is 4.98 Å². The average molecular weight is 359 g/mol. The van der Waals surface area contributed by atoms with E-state index in [1.807, 2.05) is 31.2 Å². The van der Waals surface area contributed by atoms with Crippen LogP contribution in [0.1, 0.15) is 36.8 Å². The Bertz CT molecular complexity index is 776. The summed E-state index contributed by atoms with van der Waals surface area (Å²) < 4.78 is 5.49. The van der Waals surface area contributed by atoms with Crippen molar-refractivity contribution >= 4 is 17.5 Å². The number of carbonyl (C=O) groups is 1. The molecule has 0 unspecified atom stereocenters. The van der Waals surface area contributed by atoms with E-state index in [1.165, 1.54) is 0 Å². The Hall–Kier alpha value is -2.07. The van der Waals surface area contributed by atoms with E-state index < -0.39 is 0 Å². The van der Waals surface area contributed by atoms with Crippen molar-refractivity contribution in [3.63, 3.8) is 0 Å². The number of hydrogen-bond acceptors (Lipinski definition) is 3. The summed E-state index contributed by atoms with van der Waals surface area (Å²) in [6, 6.07) is 10.3. The average Bonchev–Trinajstić information content (AvgIpc) is 3.03. The number of carbonyl (C=O) groups excluding carboxylic acids is 1. The molecule has 1 N–H and O–H groups in total. The Morgan fingerprint density at radius 1 is 1.32 bits per heavy atom. The van der Waals surface area contributed by atoms with Crippen LogP contribution in [0.4, 0.5) is 0 Å². The standard InChI is InChI=1S/C20H23ClN2O2/c1-13-5-3-8-16(19(13)21)17-11-9-14(20(23-17)25-2)6-4-7-15-10-12-18(24)22-15/h3,5,8-9,11,15H,4,6-7,10,12H2,1-2H3,(H,22,24)/t15-/m1/s1. The number of hydrogen-bond donors (Lipinski definition) is 1. The maximum absolute atomic E-state index is 11.3. The number of benzene rings is 1. The van der Waals surface area contributed by atoms with E-state index in [0.717, 1.165) is 53.1 Å². The number of aromatic nitrogens is 1. The minimum Gasteiger partial charge on any atom is -0.481 e. The third-order valence-corrected chi connectivity index (χ3v) is 5.19. The van der Waals surface area contributed by atoms with Crippen molar-refractivity contribution in [1.82, 2.24) is 10.3 Å². The van der Waals surface area contributed by atoms with Crippen LogP contribution in [0.5, 0.6) is 5.88 Å². The summed E-state index contributed by atoms with van der Waals surface area (Å²) in [5.41, 5.74) is 3.85. The monoisotopic (exact) mass is 358 g/mol. The molecule has 2 heterocycles. The minimum atomic E-state index is 0.170. The summed E-state index contributed by atoms with van der Waals surface area (Å²) in [4.78, 5) is 15.9. The fourth-order valence-electron chi connectivity index (χ4n) is 3.26. The van der Waals surface area contributed by atoms with Gasteiger partial charge in [-0.1, -0.05) is 35.9 Å². The third kappa shape index (κ3) is 4.13. The molecule has 0 bridgehead atoms. The van der Waals surface area contributed by atoms with Crippen LogP contribution >= 0.6 is 11.6 Å². The Morgan fingerprint density at radius 2 is 2.16 bits per heavy atom. The normalized spacial score (nSPS) is 16.8. The molecule has 1 atom stereocenters. The second kappa shape index (κ2) is 7.87. The molecule has 5 heteroatoms. The summed E-state index contributed by atoms with van der Waals surface area (Å²) in [6.45, 7) is 1.99. The fraction of sp³-hybridized carbons (Fsp3) is 0.400. The lowest BCUT2D eigenvalue weighted by molar-refractivity contribution is -0.119. The smallest absolute Gasteiger partial charge is 0.220 e. The molecule has 4 nitrogen and oxygen atoms in total. The first-order valence-corrected chi connectivity index (χ1v) is 9.05. The molecule has 0 aliphatic carbocycles. The molecule has 1 aromatic carbocycles. The molecule has 0 radical (unpaired) electrons.